The van der Waals surface area contributed by atoms with Crippen LogP contribution in [0.25, 0.3) is 0 Å². The topological polar surface area (TPSA) is 49.3 Å². The molecule has 0 aliphatic carbocycles. The van der Waals surface area contributed by atoms with Crippen LogP contribution in [0.4, 0.5) is 0 Å². The van der Waals surface area contributed by atoms with Crippen molar-refractivity contribution in [3.63, 3.8) is 0 Å². The number of carboxylic acids is 1. The van der Waals surface area contributed by atoms with Crippen LogP contribution >= 0.6 is 12.4 Å². The molecule has 3 nitrogen and oxygen atoms in total. The third-order valence-electron chi connectivity index (χ3n) is 2.89. The maximum Gasteiger partial charge on any atom is 0.320 e. The van der Waals surface area contributed by atoms with Gasteiger partial charge in [-0.2, -0.15) is 0 Å². The average molecular weight is 242 g/mol. The monoisotopic (exact) mass is 241 g/mol. The minimum absolute atomic E-state index is 0. The maximum atomic E-state index is 10.9. The molecule has 1 aromatic carbocycles. The molecule has 2 rings (SSSR count). The molecule has 1 aliphatic heterocycles. The summed E-state index contributed by atoms with van der Waals surface area (Å²) < 4.78 is 0. The average Bonchev–Trinajstić information content (AvgIpc) is 2.30. The number of carboxylic acid groups (broad SMARTS) is 1. The summed E-state index contributed by atoms with van der Waals surface area (Å²) in [6.45, 7) is 0. The van der Waals surface area contributed by atoms with Gasteiger partial charge in [0.15, 0.2) is 0 Å². The Morgan fingerprint density at radius 2 is 1.94 bits per heavy atom. The Balaban J connectivity index is 0.00000128. The van der Waals surface area contributed by atoms with Gasteiger partial charge in [0.25, 0.3) is 0 Å². The van der Waals surface area contributed by atoms with Gasteiger partial charge in [-0.05, 0) is 24.8 Å². The molecule has 2 atom stereocenters. The molecule has 2 N–H and O–H groups in total. The van der Waals surface area contributed by atoms with E-state index in [0.717, 1.165) is 19.3 Å². The molecule has 16 heavy (non-hydrogen) atoms. The summed E-state index contributed by atoms with van der Waals surface area (Å²) in [6.07, 6.45) is 2.73. The van der Waals surface area contributed by atoms with Gasteiger partial charge in [-0.1, -0.05) is 30.3 Å². The van der Waals surface area contributed by atoms with Crippen LogP contribution in [0.5, 0.6) is 0 Å². The number of carbonyl (C=O) groups is 1. The van der Waals surface area contributed by atoms with Gasteiger partial charge in [0, 0.05) is 6.04 Å². The highest BCUT2D eigenvalue weighted by molar-refractivity contribution is 5.85. The number of hydrogen-bond acceptors (Lipinski definition) is 2. The van der Waals surface area contributed by atoms with Gasteiger partial charge in [-0.3, -0.25) is 10.1 Å². The zero-order valence-corrected chi connectivity index (χ0v) is 9.74. The Hall–Kier alpha value is -1.06. The highest BCUT2D eigenvalue weighted by atomic mass is 35.5. The first kappa shape index (κ1) is 13.0. The molecular weight excluding hydrogens is 226 g/mol. The summed E-state index contributed by atoms with van der Waals surface area (Å²) in [4.78, 5) is 10.9. The summed E-state index contributed by atoms with van der Waals surface area (Å²) in [5, 5.41) is 12.1. The van der Waals surface area contributed by atoms with E-state index in [1.807, 2.05) is 30.3 Å². The van der Waals surface area contributed by atoms with Gasteiger partial charge in [0.1, 0.15) is 6.04 Å². The number of halogens is 1. The fourth-order valence-corrected chi connectivity index (χ4v) is 2.08. The Labute approximate surface area is 101 Å². The summed E-state index contributed by atoms with van der Waals surface area (Å²) in [7, 11) is 0. The number of piperidine rings is 1. The number of nitrogens with one attached hydrogen (secondary N) is 1. The number of rotatable bonds is 2. The lowest BCUT2D eigenvalue weighted by atomic mass is 9.93. The molecule has 2 unspecified atom stereocenters. The Morgan fingerprint density at radius 1 is 1.25 bits per heavy atom. The van der Waals surface area contributed by atoms with Crippen LogP contribution in [0.3, 0.4) is 0 Å². The van der Waals surface area contributed by atoms with Crippen LogP contribution in [-0.2, 0) is 4.79 Å². The van der Waals surface area contributed by atoms with Gasteiger partial charge in [-0.25, -0.2) is 0 Å². The third-order valence-corrected chi connectivity index (χ3v) is 2.89. The fraction of sp³-hybridized carbons (Fsp3) is 0.417. The summed E-state index contributed by atoms with van der Waals surface area (Å²) in [6, 6.07) is 9.85. The second-order valence-electron chi connectivity index (χ2n) is 3.95. The summed E-state index contributed by atoms with van der Waals surface area (Å²) >= 11 is 0. The van der Waals surface area contributed by atoms with E-state index in [1.165, 1.54) is 5.56 Å². The maximum absolute atomic E-state index is 10.9. The largest absolute Gasteiger partial charge is 0.480 e. The number of aliphatic carboxylic acids is 1. The van der Waals surface area contributed by atoms with Crippen LogP contribution in [0, 0.1) is 0 Å². The molecule has 1 aliphatic rings. The van der Waals surface area contributed by atoms with Crippen LogP contribution in [0.1, 0.15) is 30.9 Å². The highest BCUT2D eigenvalue weighted by Crippen LogP contribution is 2.25. The second-order valence-corrected chi connectivity index (χ2v) is 3.95. The van der Waals surface area contributed by atoms with E-state index in [0.29, 0.717) is 0 Å². The zero-order valence-electron chi connectivity index (χ0n) is 8.93. The molecule has 0 bridgehead atoms. The number of hydrogen-bond donors (Lipinski definition) is 2. The van der Waals surface area contributed by atoms with Crippen molar-refractivity contribution in [3.05, 3.63) is 35.9 Å². The smallest absolute Gasteiger partial charge is 0.320 e. The molecule has 1 saturated heterocycles. The van der Waals surface area contributed by atoms with E-state index in [-0.39, 0.29) is 24.5 Å². The third kappa shape index (κ3) is 2.97. The van der Waals surface area contributed by atoms with Crippen LogP contribution < -0.4 is 5.32 Å². The molecule has 4 heteroatoms. The van der Waals surface area contributed by atoms with Crippen molar-refractivity contribution in [3.8, 4) is 0 Å². The normalized spacial score (nSPS) is 24.5. The van der Waals surface area contributed by atoms with Crippen LogP contribution in [0.15, 0.2) is 30.3 Å². The van der Waals surface area contributed by atoms with Gasteiger partial charge >= 0.3 is 5.97 Å². The molecule has 1 fully saturated rings. The van der Waals surface area contributed by atoms with Gasteiger partial charge in [0.05, 0.1) is 0 Å². The first-order valence-corrected chi connectivity index (χ1v) is 5.31. The molecule has 1 heterocycles. The summed E-state index contributed by atoms with van der Waals surface area (Å²) in [5.41, 5.74) is 1.18. The van der Waals surface area contributed by atoms with Crippen molar-refractivity contribution in [1.82, 2.24) is 5.32 Å². The van der Waals surface area contributed by atoms with E-state index in [2.05, 4.69) is 5.32 Å². The predicted molar refractivity (Wildman–Crippen MR) is 64.8 cm³/mol. The Morgan fingerprint density at radius 3 is 2.56 bits per heavy atom. The highest BCUT2D eigenvalue weighted by Gasteiger charge is 2.26. The molecule has 0 spiro atoms. The Kier molecular flexibility index (Phi) is 4.77. The van der Waals surface area contributed by atoms with Gasteiger partial charge < -0.3 is 5.11 Å². The van der Waals surface area contributed by atoms with Crippen molar-refractivity contribution in [2.24, 2.45) is 0 Å². The molecule has 0 radical (unpaired) electrons. The standard InChI is InChI=1S/C12H15NO2.ClH/c14-12(15)11-8-4-7-10(13-11)9-5-2-1-3-6-9;/h1-3,5-6,10-11,13H,4,7-8H2,(H,14,15);1H. The first-order chi connectivity index (χ1) is 7.27. The predicted octanol–water partition coefficient (Wildman–Crippen LogP) is 2.38. The summed E-state index contributed by atoms with van der Waals surface area (Å²) in [5.74, 6) is -0.740. The first-order valence-electron chi connectivity index (χ1n) is 5.31. The molecule has 88 valence electrons. The second kappa shape index (κ2) is 5.87. The molecular formula is C12H16ClNO2. The van der Waals surface area contributed by atoms with Crippen molar-refractivity contribution in [1.29, 1.82) is 0 Å². The minimum atomic E-state index is -0.740. The molecule has 0 aromatic heterocycles. The van der Waals surface area contributed by atoms with Crippen molar-refractivity contribution in [2.45, 2.75) is 31.3 Å². The minimum Gasteiger partial charge on any atom is -0.480 e. The van der Waals surface area contributed by atoms with Gasteiger partial charge in [0.2, 0.25) is 0 Å². The molecule has 1 aromatic rings. The van der Waals surface area contributed by atoms with E-state index >= 15 is 0 Å². The lowest BCUT2D eigenvalue weighted by molar-refractivity contribution is -0.140. The molecule has 0 saturated carbocycles. The van der Waals surface area contributed by atoms with Crippen LogP contribution in [-0.4, -0.2) is 17.1 Å². The molecule has 0 amide bonds. The number of benzene rings is 1. The zero-order chi connectivity index (χ0) is 10.7. The van der Waals surface area contributed by atoms with E-state index in [9.17, 15) is 4.79 Å². The van der Waals surface area contributed by atoms with Gasteiger partial charge in [-0.15, -0.1) is 12.4 Å². The Bertz CT molecular complexity index is 342. The van der Waals surface area contributed by atoms with E-state index in [1.54, 1.807) is 0 Å². The van der Waals surface area contributed by atoms with E-state index in [4.69, 9.17) is 5.11 Å². The van der Waals surface area contributed by atoms with E-state index < -0.39 is 5.97 Å². The van der Waals surface area contributed by atoms with Crippen molar-refractivity contribution < 1.29 is 9.90 Å². The lowest BCUT2D eigenvalue weighted by Crippen LogP contribution is -2.42. The van der Waals surface area contributed by atoms with Crippen molar-refractivity contribution in [2.75, 3.05) is 0 Å². The fourth-order valence-electron chi connectivity index (χ4n) is 2.08. The quantitative estimate of drug-likeness (QED) is 0.836. The SMILES string of the molecule is Cl.O=C(O)C1CCCC(c2ccccc2)N1. The lowest BCUT2D eigenvalue weighted by Gasteiger charge is -2.28. The van der Waals surface area contributed by atoms with Crippen molar-refractivity contribution >= 4 is 18.4 Å². The van der Waals surface area contributed by atoms with Crippen LogP contribution in [0.2, 0.25) is 0 Å².